The van der Waals surface area contributed by atoms with Crippen molar-refractivity contribution in [1.82, 2.24) is 15.8 Å². The lowest BCUT2D eigenvalue weighted by molar-refractivity contribution is -0.123. The van der Waals surface area contributed by atoms with Crippen LogP contribution in [0.25, 0.3) is 0 Å². The van der Waals surface area contributed by atoms with Crippen LogP contribution in [0.4, 0.5) is 5.69 Å². The van der Waals surface area contributed by atoms with Crippen LogP contribution >= 0.6 is 11.6 Å². The summed E-state index contributed by atoms with van der Waals surface area (Å²) in [4.78, 5) is 28.6. The van der Waals surface area contributed by atoms with Crippen molar-refractivity contribution < 1.29 is 9.59 Å². The van der Waals surface area contributed by atoms with Gasteiger partial charge in [-0.05, 0) is 30.7 Å². The summed E-state index contributed by atoms with van der Waals surface area (Å²) in [7, 11) is 0. The minimum absolute atomic E-state index is 0.240. The molecule has 0 atom stereocenters. The Bertz CT molecular complexity index is 819. The molecule has 0 unspecified atom stereocenters. The molecule has 1 heterocycles. The molecule has 2 aromatic rings. The molecule has 142 valence electrons. The van der Waals surface area contributed by atoms with Crippen LogP contribution in [0.3, 0.4) is 0 Å². The van der Waals surface area contributed by atoms with Crippen LogP contribution in [0.2, 0.25) is 5.02 Å². The number of para-hydroxylation sites is 1. The number of rotatable bonds is 4. The molecule has 0 spiro atoms. The SMILES string of the molecule is Cc1ccccc1N1CCN(CC(=O)NNC(=O)c2ccccc2Cl)CC1. The highest BCUT2D eigenvalue weighted by molar-refractivity contribution is 6.33. The molecule has 2 N–H and O–H groups in total. The first-order valence-electron chi connectivity index (χ1n) is 8.91. The summed E-state index contributed by atoms with van der Waals surface area (Å²) in [6.45, 7) is 5.66. The van der Waals surface area contributed by atoms with E-state index in [1.54, 1.807) is 24.3 Å². The molecule has 27 heavy (non-hydrogen) atoms. The van der Waals surface area contributed by atoms with Crippen LogP contribution in [-0.4, -0.2) is 49.4 Å². The van der Waals surface area contributed by atoms with Crippen molar-refractivity contribution >= 4 is 29.1 Å². The van der Waals surface area contributed by atoms with Crippen molar-refractivity contribution in [3.8, 4) is 0 Å². The van der Waals surface area contributed by atoms with Gasteiger partial charge in [0.2, 0.25) is 0 Å². The summed E-state index contributed by atoms with van der Waals surface area (Å²) in [5, 5.41) is 0.344. The van der Waals surface area contributed by atoms with E-state index in [0.29, 0.717) is 10.6 Å². The third-order valence-electron chi connectivity index (χ3n) is 4.63. The minimum atomic E-state index is -0.432. The number of aryl methyl sites for hydroxylation is 1. The highest BCUT2D eigenvalue weighted by Gasteiger charge is 2.20. The predicted molar refractivity (Wildman–Crippen MR) is 107 cm³/mol. The number of carbonyl (C=O) groups excluding carboxylic acids is 2. The molecule has 3 rings (SSSR count). The molecule has 0 radical (unpaired) electrons. The van der Waals surface area contributed by atoms with Gasteiger partial charge in [-0.3, -0.25) is 25.3 Å². The van der Waals surface area contributed by atoms with Gasteiger partial charge in [-0.2, -0.15) is 0 Å². The second-order valence-electron chi connectivity index (χ2n) is 6.53. The summed E-state index contributed by atoms with van der Waals surface area (Å²) in [5.41, 5.74) is 7.69. The molecule has 7 heteroatoms. The average Bonchev–Trinajstić information content (AvgIpc) is 2.68. The first-order chi connectivity index (χ1) is 13.0. The largest absolute Gasteiger partial charge is 0.369 e. The zero-order valence-electron chi connectivity index (χ0n) is 15.2. The van der Waals surface area contributed by atoms with E-state index in [4.69, 9.17) is 11.6 Å². The number of hydrazine groups is 1. The van der Waals surface area contributed by atoms with Gasteiger partial charge in [0, 0.05) is 31.9 Å². The van der Waals surface area contributed by atoms with Crippen LogP contribution < -0.4 is 15.8 Å². The van der Waals surface area contributed by atoms with E-state index >= 15 is 0 Å². The van der Waals surface area contributed by atoms with Gasteiger partial charge in [0.25, 0.3) is 11.8 Å². The molecule has 0 saturated carbocycles. The van der Waals surface area contributed by atoms with Crippen LogP contribution in [0.1, 0.15) is 15.9 Å². The number of amides is 2. The van der Waals surface area contributed by atoms with E-state index in [1.807, 2.05) is 12.1 Å². The number of hydrogen-bond donors (Lipinski definition) is 2. The molecule has 0 aliphatic carbocycles. The Morgan fingerprint density at radius 1 is 0.963 bits per heavy atom. The van der Waals surface area contributed by atoms with Crippen LogP contribution in [0, 0.1) is 6.92 Å². The number of piperazine rings is 1. The van der Waals surface area contributed by atoms with Gasteiger partial charge in [0.1, 0.15) is 0 Å². The molecule has 1 aliphatic heterocycles. The number of benzene rings is 2. The average molecular weight is 387 g/mol. The number of carbonyl (C=O) groups is 2. The maximum atomic E-state index is 12.1. The smallest absolute Gasteiger partial charge is 0.271 e. The number of anilines is 1. The second kappa shape index (κ2) is 8.88. The minimum Gasteiger partial charge on any atom is -0.369 e. The van der Waals surface area contributed by atoms with Gasteiger partial charge in [-0.25, -0.2) is 0 Å². The fourth-order valence-corrected chi connectivity index (χ4v) is 3.37. The van der Waals surface area contributed by atoms with E-state index in [9.17, 15) is 9.59 Å². The zero-order chi connectivity index (χ0) is 19.2. The molecule has 0 aromatic heterocycles. The number of halogens is 1. The van der Waals surface area contributed by atoms with Crippen LogP contribution in [0.15, 0.2) is 48.5 Å². The Kier molecular flexibility index (Phi) is 6.32. The second-order valence-corrected chi connectivity index (χ2v) is 6.94. The highest BCUT2D eigenvalue weighted by Crippen LogP contribution is 2.20. The van der Waals surface area contributed by atoms with Crippen molar-refractivity contribution in [2.45, 2.75) is 6.92 Å². The highest BCUT2D eigenvalue weighted by atomic mass is 35.5. The summed E-state index contributed by atoms with van der Waals surface area (Å²) in [6, 6.07) is 15.0. The molecule has 1 aliphatic rings. The molecular formula is C20H23ClN4O2. The summed E-state index contributed by atoms with van der Waals surface area (Å²) < 4.78 is 0. The Labute approximate surface area is 164 Å². The molecule has 1 saturated heterocycles. The lowest BCUT2D eigenvalue weighted by atomic mass is 10.1. The van der Waals surface area contributed by atoms with E-state index in [0.717, 1.165) is 26.2 Å². The Hall–Kier alpha value is -2.57. The van der Waals surface area contributed by atoms with Gasteiger partial charge in [-0.15, -0.1) is 0 Å². The number of hydrogen-bond acceptors (Lipinski definition) is 4. The van der Waals surface area contributed by atoms with Gasteiger partial charge in [-0.1, -0.05) is 41.9 Å². The van der Waals surface area contributed by atoms with Crippen molar-refractivity contribution in [3.63, 3.8) is 0 Å². The molecule has 6 nitrogen and oxygen atoms in total. The van der Waals surface area contributed by atoms with E-state index in [-0.39, 0.29) is 12.5 Å². The Balaban J connectivity index is 1.44. The van der Waals surface area contributed by atoms with E-state index < -0.39 is 5.91 Å². The number of nitrogens with zero attached hydrogens (tertiary/aromatic N) is 2. The molecule has 2 aromatic carbocycles. The van der Waals surface area contributed by atoms with Crippen molar-refractivity contribution in [2.24, 2.45) is 0 Å². The van der Waals surface area contributed by atoms with Crippen LogP contribution in [0.5, 0.6) is 0 Å². The summed E-state index contributed by atoms with van der Waals surface area (Å²) in [5.74, 6) is -0.682. The summed E-state index contributed by atoms with van der Waals surface area (Å²) >= 11 is 5.98. The Morgan fingerprint density at radius 2 is 1.63 bits per heavy atom. The van der Waals surface area contributed by atoms with Gasteiger partial charge in [0.15, 0.2) is 0 Å². The normalized spacial score (nSPS) is 14.7. The fraction of sp³-hybridized carbons (Fsp3) is 0.300. The first-order valence-corrected chi connectivity index (χ1v) is 9.29. The first kappa shape index (κ1) is 19.2. The monoisotopic (exact) mass is 386 g/mol. The third kappa shape index (κ3) is 4.99. The molecular weight excluding hydrogens is 364 g/mol. The van der Waals surface area contributed by atoms with Crippen molar-refractivity contribution in [3.05, 3.63) is 64.7 Å². The summed E-state index contributed by atoms with van der Waals surface area (Å²) in [6.07, 6.45) is 0. The maximum absolute atomic E-state index is 12.1. The fourth-order valence-electron chi connectivity index (χ4n) is 3.15. The molecule has 0 bridgehead atoms. The predicted octanol–water partition coefficient (Wildman–Crippen LogP) is 2.23. The number of nitrogens with one attached hydrogen (secondary N) is 2. The van der Waals surface area contributed by atoms with E-state index in [1.165, 1.54) is 11.3 Å². The Morgan fingerprint density at radius 3 is 2.33 bits per heavy atom. The van der Waals surface area contributed by atoms with Gasteiger partial charge >= 0.3 is 0 Å². The molecule has 1 fully saturated rings. The topological polar surface area (TPSA) is 64.7 Å². The third-order valence-corrected chi connectivity index (χ3v) is 4.96. The quantitative estimate of drug-likeness (QED) is 0.791. The van der Waals surface area contributed by atoms with Gasteiger partial charge < -0.3 is 4.90 Å². The van der Waals surface area contributed by atoms with Crippen molar-refractivity contribution in [1.29, 1.82) is 0 Å². The molecule has 2 amide bonds. The van der Waals surface area contributed by atoms with Crippen LogP contribution in [-0.2, 0) is 4.79 Å². The standard InChI is InChI=1S/C20H23ClN4O2/c1-15-6-2-5-9-18(15)25-12-10-24(11-13-25)14-19(26)22-23-20(27)16-7-3-4-8-17(16)21/h2-9H,10-14H2,1H3,(H,22,26)(H,23,27). The van der Waals surface area contributed by atoms with Crippen molar-refractivity contribution in [2.75, 3.05) is 37.6 Å². The maximum Gasteiger partial charge on any atom is 0.271 e. The van der Waals surface area contributed by atoms with Gasteiger partial charge in [0.05, 0.1) is 17.1 Å². The zero-order valence-corrected chi connectivity index (χ0v) is 16.0. The lowest BCUT2D eigenvalue weighted by Crippen LogP contribution is -2.52. The lowest BCUT2D eigenvalue weighted by Gasteiger charge is -2.36. The van der Waals surface area contributed by atoms with E-state index in [2.05, 4.69) is 39.7 Å².